The van der Waals surface area contributed by atoms with Crippen LogP contribution in [-0.4, -0.2) is 16.2 Å². The van der Waals surface area contributed by atoms with Crippen LogP contribution in [0.25, 0.3) is 92.5 Å². The zero-order valence-electron chi connectivity index (χ0n) is 32.3. The van der Waals surface area contributed by atoms with E-state index in [4.69, 9.17) is 14.4 Å². The second-order valence-electron chi connectivity index (χ2n) is 15.8. The molecule has 12 aromatic rings. The number of fused-ring (bicyclic) bond motifs is 12. The van der Waals surface area contributed by atoms with Gasteiger partial charge in [-0.25, -0.2) is 9.98 Å². The average molecular weight is 767 g/mol. The predicted molar refractivity (Wildman–Crippen MR) is 250 cm³/mol. The van der Waals surface area contributed by atoms with Gasteiger partial charge >= 0.3 is 0 Å². The molecule has 0 bridgehead atoms. The number of amidine groups is 2. The van der Waals surface area contributed by atoms with Crippen LogP contribution in [0, 0.1) is 0 Å². The van der Waals surface area contributed by atoms with E-state index < -0.39 is 0 Å². The number of nitrogens with one attached hydrogen (secondary N) is 1. The second-order valence-corrected chi connectivity index (χ2v) is 15.8. The smallest absolute Gasteiger partial charge is 0.159 e. The Bertz CT molecular complexity index is 3740. The number of aromatic nitrogens is 1. The van der Waals surface area contributed by atoms with E-state index in [0.29, 0.717) is 5.84 Å². The molecule has 5 nitrogen and oxygen atoms in total. The molecule has 2 aromatic heterocycles. The quantitative estimate of drug-likeness (QED) is 0.194. The summed E-state index contributed by atoms with van der Waals surface area (Å²) in [4.78, 5) is 10.4. The number of furan rings is 1. The van der Waals surface area contributed by atoms with E-state index in [2.05, 4.69) is 204 Å². The van der Waals surface area contributed by atoms with Gasteiger partial charge in [-0.05, 0) is 103 Å². The van der Waals surface area contributed by atoms with Crippen LogP contribution in [0.3, 0.4) is 0 Å². The maximum atomic E-state index is 6.64. The van der Waals surface area contributed by atoms with Gasteiger partial charge in [0.15, 0.2) is 5.84 Å². The highest BCUT2D eigenvalue weighted by atomic mass is 16.3. The molecule has 0 amide bonds. The number of benzene rings is 10. The van der Waals surface area contributed by atoms with E-state index in [9.17, 15) is 0 Å². The molecular formula is C55H34N4O. The van der Waals surface area contributed by atoms with E-state index in [1.807, 2.05) is 0 Å². The van der Waals surface area contributed by atoms with Crippen LogP contribution in [0.15, 0.2) is 209 Å². The Morgan fingerprint density at radius 2 is 1.03 bits per heavy atom. The van der Waals surface area contributed by atoms with Crippen molar-refractivity contribution >= 4 is 98.5 Å². The van der Waals surface area contributed by atoms with Crippen molar-refractivity contribution in [2.45, 2.75) is 6.17 Å². The van der Waals surface area contributed by atoms with Gasteiger partial charge in [-0.15, -0.1) is 0 Å². The number of rotatable bonds is 4. The summed E-state index contributed by atoms with van der Waals surface area (Å²) in [7, 11) is 0. The highest BCUT2D eigenvalue weighted by Crippen LogP contribution is 2.42. The molecule has 0 radical (unpaired) electrons. The molecule has 1 aliphatic rings. The topological polar surface area (TPSA) is 54.8 Å². The van der Waals surface area contributed by atoms with Gasteiger partial charge in [-0.1, -0.05) is 140 Å². The molecule has 1 aliphatic heterocycles. The van der Waals surface area contributed by atoms with E-state index in [-0.39, 0.29) is 6.17 Å². The zero-order valence-corrected chi connectivity index (χ0v) is 32.3. The first-order valence-corrected chi connectivity index (χ1v) is 20.4. The van der Waals surface area contributed by atoms with E-state index in [1.54, 1.807) is 0 Å². The summed E-state index contributed by atoms with van der Waals surface area (Å²) in [5, 5.41) is 18.0. The summed E-state index contributed by atoms with van der Waals surface area (Å²) in [6, 6.07) is 69.3. The van der Waals surface area contributed by atoms with Gasteiger partial charge in [0.25, 0.3) is 0 Å². The summed E-state index contributed by atoms with van der Waals surface area (Å²) in [6.45, 7) is 0. The maximum absolute atomic E-state index is 6.64. The molecule has 0 fully saturated rings. The summed E-state index contributed by atoms with van der Waals surface area (Å²) in [5.74, 6) is 1.44. The Labute approximate surface area is 344 Å². The lowest BCUT2D eigenvalue weighted by molar-refractivity contribution is 0.667. The number of aliphatic imine (C=N–C) groups is 2. The van der Waals surface area contributed by atoms with Crippen molar-refractivity contribution in [1.29, 1.82) is 0 Å². The van der Waals surface area contributed by atoms with E-state index in [0.717, 1.165) is 55.5 Å². The van der Waals surface area contributed by atoms with Crippen molar-refractivity contribution in [1.82, 2.24) is 9.88 Å². The summed E-state index contributed by atoms with van der Waals surface area (Å²) >= 11 is 0. The van der Waals surface area contributed by atoms with Crippen molar-refractivity contribution in [2.24, 2.45) is 9.98 Å². The molecule has 10 aromatic carbocycles. The molecule has 1 unspecified atom stereocenters. The maximum Gasteiger partial charge on any atom is 0.159 e. The van der Waals surface area contributed by atoms with E-state index in [1.165, 1.54) is 59.5 Å². The first-order chi connectivity index (χ1) is 29.7. The average Bonchev–Trinajstić information content (AvgIpc) is 3.86. The van der Waals surface area contributed by atoms with Gasteiger partial charge in [0.2, 0.25) is 0 Å². The summed E-state index contributed by atoms with van der Waals surface area (Å²) < 4.78 is 9.05. The zero-order chi connectivity index (χ0) is 39.3. The minimum absolute atomic E-state index is 0.335. The van der Waals surface area contributed by atoms with Crippen molar-refractivity contribution in [3.8, 4) is 5.69 Å². The highest BCUT2D eigenvalue weighted by Gasteiger charge is 2.23. The SMILES string of the molecule is c1ccc2cc(C3=NC(c4ccc5c(c4)oc4ccc(-n6c7ccc8ccccc8c7c7c8ccccc8ccc76)cc45)=NC(c4ccc5ccccc5c4)N3)ccc2c1. The lowest BCUT2D eigenvalue weighted by Crippen LogP contribution is -2.33. The molecule has 0 aliphatic carbocycles. The Morgan fingerprint density at radius 1 is 0.433 bits per heavy atom. The molecule has 3 heterocycles. The third-order valence-electron chi connectivity index (χ3n) is 12.4. The Hall–Kier alpha value is -8.02. The fourth-order valence-corrected chi connectivity index (χ4v) is 9.48. The molecule has 1 N–H and O–H groups in total. The van der Waals surface area contributed by atoms with Crippen molar-refractivity contribution in [2.75, 3.05) is 0 Å². The Morgan fingerprint density at radius 3 is 1.75 bits per heavy atom. The molecule has 280 valence electrons. The third kappa shape index (κ3) is 5.06. The fraction of sp³-hybridized carbons (Fsp3) is 0.0182. The molecular weight excluding hydrogens is 733 g/mol. The Kier molecular flexibility index (Phi) is 7.01. The van der Waals surface area contributed by atoms with Gasteiger partial charge in [0, 0.05) is 38.4 Å². The summed E-state index contributed by atoms with van der Waals surface area (Å²) in [6.07, 6.45) is -0.335. The monoisotopic (exact) mass is 766 g/mol. The molecule has 0 spiro atoms. The fourth-order valence-electron chi connectivity index (χ4n) is 9.48. The number of nitrogens with zero attached hydrogens (tertiary/aromatic N) is 3. The van der Waals surface area contributed by atoms with Crippen LogP contribution >= 0.6 is 0 Å². The van der Waals surface area contributed by atoms with Crippen LogP contribution in [0.4, 0.5) is 0 Å². The number of hydrogen-bond acceptors (Lipinski definition) is 4. The third-order valence-corrected chi connectivity index (χ3v) is 12.4. The molecule has 1 atom stereocenters. The minimum atomic E-state index is -0.335. The van der Waals surface area contributed by atoms with Gasteiger partial charge in [-0.3, -0.25) is 0 Å². The van der Waals surface area contributed by atoms with Crippen LogP contribution in [0.2, 0.25) is 0 Å². The van der Waals surface area contributed by atoms with Gasteiger partial charge < -0.3 is 14.3 Å². The molecule has 0 saturated carbocycles. The first kappa shape index (κ1) is 33.0. The first-order valence-electron chi connectivity index (χ1n) is 20.4. The van der Waals surface area contributed by atoms with Crippen LogP contribution in [0.1, 0.15) is 22.9 Å². The standard InChI is InChI=1S/C55H34N4O/c1-3-13-37-29-39(19-17-33(37)9-1)53-56-54(40-20-18-34-10-2-4-14-38(34)30-40)58-55(57-53)41-21-25-45-46-32-42(24-28-49(46)60-50(45)31-41)59-47-26-22-35-11-5-7-15-43(35)51(47)52-44-16-8-6-12-36(44)23-27-48(52)59/h1-32,53H,(H,56,57,58). The van der Waals surface area contributed by atoms with Crippen molar-refractivity contribution in [3.05, 3.63) is 211 Å². The summed E-state index contributed by atoms with van der Waals surface area (Å²) in [5.41, 5.74) is 8.06. The minimum Gasteiger partial charge on any atom is -0.456 e. The molecule has 13 rings (SSSR count). The normalized spacial score (nSPS) is 14.5. The second kappa shape index (κ2) is 12.7. The van der Waals surface area contributed by atoms with Crippen LogP contribution in [-0.2, 0) is 0 Å². The lowest BCUT2D eigenvalue weighted by atomic mass is 10.00. The highest BCUT2D eigenvalue weighted by molar-refractivity contribution is 6.28. The molecule has 0 saturated heterocycles. The molecule has 5 heteroatoms. The lowest BCUT2D eigenvalue weighted by Gasteiger charge is -2.24. The Balaban J connectivity index is 0.962. The van der Waals surface area contributed by atoms with Gasteiger partial charge in [-0.2, -0.15) is 0 Å². The van der Waals surface area contributed by atoms with Crippen LogP contribution in [0.5, 0.6) is 0 Å². The van der Waals surface area contributed by atoms with Crippen LogP contribution < -0.4 is 5.32 Å². The van der Waals surface area contributed by atoms with Gasteiger partial charge in [0.05, 0.1) is 11.0 Å². The largest absolute Gasteiger partial charge is 0.456 e. The predicted octanol–water partition coefficient (Wildman–Crippen LogP) is 13.8. The number of hydrogen-bond donors (Lipinski definition) is 1. The van der Waals surface area contributed by atoms with E-state index >= 15 is 0 Å². The van der Waals surface area contributed by atoms with Crippen molar-refractivity contribution < 1.29 is 4.42 Å². The molecule has 60 heavy (non-hydrogen) atoms. The van der Waals surface area contributed by atoms with Crippen molar-refractivity contribution in [3.63, 3.8) is 0 Å². The van der Waals surface area contributed by atoms with Gasteiger partial charge in [0.1, 0.15) is 23.2 Å².